The average molecular weight is 694 g/mol. The van der Waals surface area contributed by atoms with Crippen molar-refractivity contribution in [3.05, 3.63) is 187 Å². The lowest BCUT2D eigenvalue weighted by atomic mass is 9.68. The van der Waals surface area contributed by atoms with Gasteiger partial charge in [-0.05, 0) is 92.7 Å². The molecule has 1 fully saturated rings. The molecule has 2 aliphatic rings. The maximum Gasteiger partial charge on any atom is 0.160 e. The minimum absolute atomic E-state index is 0.184. The predicted molar refractivity (Wildman–Crippen MR) is 222 cm³/mol. The van der Waals surface area contributed by atoms with Crippen LogP contribution in [-0.4, -0.2) is 15.0 Å². The van der Waals surface area contributed by atoms with E-state index < -0.39 is 0 Å². The zero-order valence-corrected chi connectivity index (χ0v) is 30.1. The van der Waals surface area contributed by atoms with Crippen LogP contribution in [-0.2, 0) is 5.41 Å². The Labute approximate surface area is 317 Å². The molecule has 54 heavy (non-hydrogen) atoms. The van der Waals surface area contributed by atoms with Gasteiger partial charge in [-0.2, -0.15) is 0 Å². The molecule has 8 aromatic rings. The van der Waals surface area contributed by atoms with E-state index in [9.17, 15) is 0 Å². The summed E-state index contributed by atoms with van der Waals surface area (Å²) in [6.45, 7) is 0. The second-order valence-electron chi connectivity index (χ2n) is 14.8. The maximum atomic E-state index is 5.08. The molecule has 0 atom stereocenters. The first-order valence-electron chi connectivity index (χ1n) is 19.1. The largest absolute Gasteiger partial charge is 0.264 e. The lowest BCUT2D eigenvalue weighted by molar-refractivity contribution is 0.353. The molecule has 3 heteroatoms. The first-order chi connectivity index (χ1) is 26.7. The molecule has 6 aromatic carbocycles. The van der Waals surface area contributed by atoms with Crippen LogP contribution in [0.3, 0.4) is 0 Å². The standard InChI is InChI=1S/C51H39N3/c1-3-11-39(12-4-1)50-53-48(33-49(54-50)38-24-20-36(21-25-38)43-15-10-30-52-34-43)37-22-18-35(19-23-37)40-13-9-14-41(31-40)42-26-27-47-45(32-42)44-16-5-6-17-46(44)51(47)28-7-2-8-29-51/h1,3-6,9-27,30-34H,2,7-8,28-29H2. The molecule has 0 N–H and O–H groups in total. The van der Waals surface area contributed by atoms with Crippen molar-refractivity contribution in [1.82, 2.24) is 15.0 Å². The van der Waals surface area contributed by atoms with E-state index in [1.165, 1.54) is 76.6 Å². The molecule has 2 heterocycles. The summed E-state index contributed by atoms with van der Waals surface area (Å²) in [7, 11) is 0. The monoisotopic (exact) mass is 693 g/mol. The van der Waals surface area contributed by atoms with Gasteiger partial charge in [0.2, 0.25) is 0 Å². The van der Waals surface area contributed by atoms with Crippen molar-refractivity contribution in [1.29, 1.82) is 0 Å². The zero-order valence-electron chi connectivity index (χ0n) is 30.1. The normalized spacial score (nSPS) is 14.1. The summed E-state index contributed by atoms with van der Waals surface area (Å²) < 4.78 is 0. The Morgan fingerprint density at radius 3 is 1.63 bits per heavy atom. The number of hydrogen-bond acceptors (Lipinski definition) is 3. The van der Waals surface area contributed by atoms with Crippen LogP contribution in [0.4, 0.5) is 0 Å². The van der Waals surface area contributed by atoms with Crippen LogP contribution in [0.15, 0.2) is 176 Å². The molecule has 0 bridgehead atoms. The molecule has 1 saturated carbocycles. The molecular formula is C51H39N3. The van der Waals surface area contributed by atoms with Gasteiger partial charge in [0.25, 0.3) is 0 Å². The van der Waals surface area contributed by atoms with Gasteiger partial charge < -0.3 is 0 Å². The van der Waals surface area contributed by atoms with E-state index in [0.717, 1.165) is 39.2 Å². The highest BCUT2D eigenvalue weighted by Crippen LogP contribution is 2.56. The molecule has 0 aliphatic heterocycles. The third-order valence-electron chi connectivity index (χ3n) is 11.6. The number of fused-ring (bicyclic) bond motifs is 5. The van der Waals surface area contributed by atoms with Crippen LogP contribution >= 0.6 is 0 Å². The van der Waals surface area contributed by atoms with Gasteiger partial charge in [0.15, 0.2) is 5.82 Å². The molecule has 2 aromatic heterocycles. The van der Waals surface area contributed by atoms with Gasteiger partial charge in [0.1, 0.15) is 0 Å². The highest BCUT2D eigenvalue weighted by atomic mass is 14.9. The van der Waals surface area contributed by atoms with Crippen molar-refractivity contribution in [3.8, 4) is 78.4 Å². The fourth-order valence-electron chi connectivity index (χ4n) is 8.88. The second-order valence-corrected chi connectivity index (χ2v) is 14.8. The molecule has 2 aliphatic carbocycles. The number of pyridine rings is 1. The van der Waals surface area contributed by atoms with E-state index in [0.29, 0.717) is 5.82 Å². The molecule has 10 rings (SSSR count). The summed E-state index contributed by atoms with van der Waals surface area (Å²) in [5.74, 6) is 0.711. The lowest BCUT2D eigenvalue weighted by Crippen LogP contribution is -2.27. The molecular weight excluding hydrogens is 655 g/mol. The van der Waals surface area contributed by atoms with Crippen LogP contribution in [0.5, 0.6) is 0 Å². The predicted octanol–water partition coefficient (Wildman–Crippen LogP) is 13.1. The van der Waals surface area contributed by atoms with Crippen LogP contribution in [0, 0.1) is 0 Å². The first kappa shape index (κ1) is 32.2. The fraction of sp³-hybridized carbons (Fsp3) is 0.118. The topological polar surface area (TPSA) is 38.7 Å². The minimum atomic E-state index is 0.184. The summed E-state index contributed by atoms with van der Waals surface area (Å²) in [5.41, 5.74) is 18.1. The Kier molecular flexibility index (Phi) is 8.06. The number of hydrogen-bond donors (Lipinski definition) is 0. The van der Waals surface area contributed by atoms with Crippen LogP contribution in [0.1, 0.15) is 43.2 Å². The van der Waals surface area contributed by atoms with E-state index in [1.54, 1.807) is 6.20 Å². The summed E-state index contributed by atoms with van der Waals surface area (Å²) >= 11 is 0. The van der Waals surface area contributed by atoms with E-state index in [2.05, 4.69) is 145 Å². The van der Waals surface area contributed by atoms with Gasteiger partial charge in [-0.3, -0.25) is 4.98 Å². The van der Waals surface area contributed by atoms with E-state index in [-0.39, 0.29) is 5.41 Å². The van der Waals surface area contributed by atoms with Gasteiger partial charge in [0.05, 0.1) is 11.4 Å². The zero-order chi connectivity index (χ0) is 35.9. The smallest absolute Gasteiger partial charge is 0.160 e. The Morgan fingerprint density at radius 1 is 0.370 bits per heavy atom. The van der Waals surface area contributed by atoms with Gasteiger partial charge in [-0.1, -0.05) is 159 Å². The number of rotatable bonds is 6. The first-order valence-corrected chi connectivity index (χ1v) is 19.1. The van der Waals surface area contributed by atoms with E-state index in [1.807, 2.05) is 30.5 Å². The summed E-state index contributed by atoms with van der Waals surface area (Å²) in [4.78, 5) is 14.4. The average Bonchev–Trinajstić information content (AvgIpc) is 3.52. The van der Waals surface area contributed by atoms with Crippen molar-refractivity contribution >= 4 is 0 Å². The minimum Gasteiger partial charge on any atom is -0.264 e. The molecule has 0 saturated heterocycles. The Morgan fingerprint density at radius 2 is 0.926 bits per heavy atom. The molecule has 0 amide bonds. The van der Waals surface area contributed by atoms with Crippen LogP contribution < -0.4 is 0 Å². The number of nitrogens with zero attached hydrogens (tertiary/aromatic N) is 3. The van der Waals surface area contributed by atoms with Gasteiger partial charge in [-0.15, -0.1) is 0 Å². The highest BCUT2D eigenvalue weighted by Gasteiger charge is 2.43. The summed E-state index contributed by atoms with van der Waals surface area (Å²) in [6.07, 6.45) is 10.2. The summed E-state index contributed by atoms with van der Waals surface area (Å²) in [5, 5.41) is 0. The lowest BCUT2D eigenvalue weighted by Gasteiger charge is -2.36. The molecule has 3 nitrogen and oxygen atoms in total. The third kappa shape index (κ3) is 5.74. The van der Waals surface area contributed by atoms with Gasteiger partial charge in [0, 0.05) is 34.5 Å². The second kappa shape index (κ2) is 13.5. The SMILES string of the molecule is c1ccc(-c2nc(-c3ccc(-c4cccnc4)cc3)cc(-c3ccc(-c4cccc(-c5ccc6c(c5)-c5ccccc5C65CCCCC5)c4)cc3)n2)cc1. The van der Waals surface area contributed by atoms with Crippen LogP contribution in [0.25, 0.3) is 78.4 Å². The van der Waals surface area contributed by atoms with Crippen molar-refractivity contribution in [2.75, 3.05) is 0 Å². The van der Waals surface area contributed by atoms with Gasteiger partial charge >= 0.3 is 0 Å². The molecule has 0 unspecified atom stereocenters. The Balaban J connectivity index is 0.973. The number of aromatic nitrogens is 3. The van der Waals surface area contributed by atoms with Crippen molar-refractivity contribution in [2.24, 2.45) is 0 Å². The highest BCUT2D eigenvalue weighted by molar-refractivity contribution is 5.86. The van der Waals surface area contributed by atoms with Crippen molar-refractivity contribution in [3.63, 3.8) is 0 Å². The third-order valence-corrected chi connectivity index (χ3v) is 11.6. The van der Waals surface area contributed by atoms with Crippen LogP contribution in [0.2, 0.25) is 0 Å². The Bertz CT molecular complexity index is 2600. The number of benzene rings is 6. The Hall–Kier alpha value is -6.45. The quantitative estimate of drug-likeness (QED) is 0.174. The van der Waals surface area contributed by atoms with E-state index in [4.69, 9.17) is 9.97 Å². The fourth-order valence-corrected chi connectivity index (χ4v) is 8.88. The van der Waals surface area contributed by atoms with Gasteiger partial charge in [-0.25, -0.2) is 9.97 Å². The molecule has 0 radical (unpaired) electrons. The van der Waals surface area contributed by atoms with Crippen molar-refractivity contribution in [2.45, 2.75) is 37.5 Å². The van der Waals surface area contributed by atoms with E-state index >= 15 is 0 Å². The van der Waals surface area contributed by atoms with Crippen molar-refractivity contribution < 1.29 is 0 Å². The molecule has 258 valence electrons. The maximum absolute atomic E-state index is 5.08. The molecule has 1 spiro atoms. The summed E-state index contributed by atoms with van der Waals surface area (Å²) in [6, 6.07) is 59.1.